The standard InChI is InChI=1S/C12H18N2O4S2/c1-8-11(7-10(19-8)12(15)16)20(17,18)14(2)9-3-5-13-6-4-9/h7,9,13H,3-6H2,1-2H3,(H,15,16). The fourth-order valence-corrected chi connectivity index (χ4v) is 5.16. The Morgan fingerprint density at radius 3 is 2.55 bits per heavy atom. The number of aryl methyl sites for hydroxylation is 1. The van der Waals surface area contributed by atoms with Gasteiger partial charge in [-0.1, -0.05) is 0 Å². The number of rotatable bonds is 4. The highest BCUT2D eigenvalue weighted by atomic mass is 32.2. The molecule has 112 valence electrons. The zero-order valence-corrected chi connectivity index (χ0v) is 13.1. The van der Waals surface area contributed by atoms with Gasteiger partial charge in [0.2, 0.25) is 10.0 Å². The Kier molecular flexibility index (Phi) is 4.48. The van der Waals surface area contributed by atoms with Gasteiger partial charge in [-0.05, 0) is 38.9 Å². The van der Waals surface area contributed by atoms with E-state index in [1.165, 1.54) is 10.4 Å². The van der Waals surface area contributed by atoms with Crippen molar-refractivity contribution in [1.82, 2.24) is 9.62 Å². The van der Waals surface area contributed by atoms with Crippen LogP contribution in [-0.4, -0.2) is 50.0 Å². The molecular weight excluding hydrogens is 300 g/mol. The van der Waals surface area contributed by atoms with Crippen molar-refractivity contribution in [2.45, 2.75) is 30.7 Å². The third-order valence-corrected chi connectivity index (χ3v) is 6.77. The highest BCUT2D eigenvalue weighted by Gasteiger charge is 2.31. The molecule has 0 bridgehead atoms. The molecule has 0 spiro atoms. The van der Waals surface area contributed by atoms with Crippen molar-refractivity contribution in [3.63, 3.8) is 0 Å². The minimum atomic E-state index is -3.63. The number of hydrogen-bond acceptors (Lipinski definition) is 5. The van der Waals surface area contributed by atoms with Gasteiger partial charge in [0.05, 0.1) is 4.90 Å². The first-order chi connectivity index (χ1) is 9.34. The molecule has 2 rings (SSSR count). The number of thiophene rings is 1. The van der Waals surface area contributed by atoms with E-state index in [0.717, 1.165) is 37.3 Å². The van der Waals surface area contributed by atoms with Crippen molar-refractivity contribution in [2.75, 3.05) is 20.1 Å². The van der Waals surface area contributed by atoms with E-state index in [9.17, 15) is 13.2 Å². The molecule has 0 unspecified atom stereocenters. The van der Waals surface area contributed by atoms with Crippen LogP contribution in [0.5, 0.6) is 0 Å². The lowest BCUT2D eigenvalue weighted by Crippen LogP contribution is -2.43. The summed E-state index contributed by atoms with van der Waals surface area (Å²) < 4.78 is 26.6. The maximum absolute atomic E-state index is 12.6. The van der Waals surface area contributed by atoms with Gasteiger partial charge in [-0.25, -0.2) is 13.2 Å². The van der Waals surface area contributed by atoms with Crippen LogP contribution in [0.1, 0.15) is 27.4 Å². The van der Waals surface area contributed by atoms with Crippen LogP contribution in [0.4, 0.5) is 0 Å². The predicted octanol–water partition coefficient (Wildman–Crippen LogP) is 1.13. The number of sulfonamides is 1. The van der Waals surface area contributed by atoms with Crippen molar-refractivity contribution in [1.29, 1.82) is 0 Å². The molecule has 1 fully saturated rings. The molecule has 6 nitrogen and oxygen atoms in total. The summed E-state index contributed by atoms with van der Waals surface area (Å²) in [6.45, 7) is 3.24. The summed E-state index contributed by atoms with van der Waals surface area (Å²) >= 11 is 0.996. The summed E-state index contributed by atoms with van der Waals surface area (Å²) in [7, 11) is -2.06. The molecule has 0 aliphatic carbocycles. The Balaban J connectivity index is 2.31. The van der Waals surface area contributed by atoms with E-state index >= 15 is 0 Å². The zero-order chi connectivity index (χ0) is 14.9. The molecule has 2 N–H and O–H groups in total. The lowest BCUT2D eigenvalue weighted by atomic mass is 10.1. The van der Waals surface area contributed by atoms with Crippen LogP contribution in [0.15, 0.2) is 11.0 Å². The number of carboxylic acid groups (broad SMARTS) is 1. The third-order valence-electron chi connectivity index (χ3n) is 3.56. The molecule has 1 aromatic rings. The fourth-order valence-electron chi connectivity index (χ4n) is 2.35. The summed E-state index contributed by atoms with van der Waals surface area (Å²) in [6.07, 6.45) is 1.54. The molecule has 0 radical (unpaired) electrons. The van der Waals surface area contributed by atoms with Gasteiger partial charge in [0, 0.05) is 18.0 Å². The number of aromatic carboxylic acids is 1. The maximum atomic E-state index is 12.6. The molecule has 2 heterocycles. The quantitative estimate of drug-likeness (QED) is 0.869. The van der Waals surface area contributed by atoms with Gasteiger partial charge in [0.15, 0.2) is 0 Å². The Bertz CT molecular complexity index is 603. The van der Waals surface area contributed by atoms with E-state index in [-0.39, 0.29) is 15.8 Å². The number of nitrogens with one attached hydrogen (secondary N) is 1. The van der Waals surface area contributed by atoms with Crippen molar-refractivity contribution in [2.24, 2.45) is 0 Å². The van der Waals surface area contributed by atoms with Crippen LogP contribution in [0.2, 0.25) is 0 Å². The average Bonchev–Trinajstić information content (AvgIpc) is 2.82. The molecule has 0 saturated carbocycles. The molecule has 0 atom stereocenters. The number of hydrogen-bond donors (Lipinski definition) is 2. The predicted molar refractivity (Wildman–Crippen MR) is 76.9 cm³/mol. The lowest BCUT2D eigenvalue weighted by Gasteiger charge is -2.30. The SMILES string of the molecule is Cc1sc(C(=O)O)cc1S(=O)(=O)N(C)C1CCNCC1. The second-order valence-electron chi connectivity index (χ2n) is 4.84. The van der Waals surface area contributed by atoms with Gasteiger partial charge in [-0.15, -0.1) is 11.3 Å². The molecule has 20 heavy (non-hydrogen) atoms. The van der Waals surface area contributed by atoms with E-state index in [1.54, 1.807) is 14.0 Å². The van der Waals surface area contributed by atoms with E-state index in [0.29, 0.717) is 4.88 Å². The van der Waals surface area contributed by atoms with E-state index < -0.39 is 16.0 Å². The van der Waals surface area contributed by atoms with E-state index in [4.69, 9.17) is 5.11 Å². The van der Waals surface area contributed by atoms with Crippen molar-refractivity contribution in [3.05, 3.63) is 15.8 Å². The van der Waals surface area contributed by atoms with Gasteiger partial charge in [-0.3, -0.25) is 0 Å². The highest BCUT2D eigenvalue weighted by Crippen LogP contribution is 2.29. The topological polar surface area (TPSA) is 86.7 Å². The molecule has 1 aliphatic heterocycles. The number of piperidine rings is 1. The second-order valence-corrected chi connectivity index (χ2v) is 8.06. The monoisotopic (exact) mass is 318 g/mol. The molecular formula is C12H18N2O4S2. The molecule has 0 amide bonds. The van der Waals surface area contributed by atoms with Gasteiger partial charge >= 0.3 is 5.97 Å². The van der Waals surface area contributed by atoms with Crippen LogP contribution >= 0.6 is 11.3 Å². The van der Waals surface area contributed by atoms with E-state index in [1.807, 2.05) is 0 Å². The Morgan fingerprint density at radius 2 is 2.05 bits per heavy atom. The lowest BCUT2D eigenvalue weighted by molar-refractivity contribution is 0.0702. The van der Waals surface area contributed by atoms with Crippen LogP contribution in [0.3, 0.4) is 0 Å². The molecule has 1 aromatic heterocycles. The number of nitrogens with zero attached hydrogens (tertiary/aromatic N) is 1. The summed E-state index contributed by atoms with van der Waals surface area (Å²) in [5, 5.41) is 12.2. The fraction of sp³-hybridized carbons (Fsp3) is 0.583. The summed E-state index contributed by atoms with van der Waals surface area (Å²) in [5.74, 6) is -1.09. The largest absolute Gasteiger partial charge is 0.477 e. The summed E-state index contributed by atoms with van der Waals surface area (Å²) in [5.41, 5.74) is 0. The molecule has 1 aliphatic rings. The smallest absolute Gasteiger partial charge is 0.345 e. The first kappa shape index (κ1) is 15.4. The Morgan fingerprint density at radius 1 is 1.45 bits per heavy atom. The Hall–Kier alpha value is -0.960. The number of carbonyl (C=O) groups is 1. The molecule has 8 heteroatoms. The molecule has 0 aromatic carbocycles. The van der Waals surface area contributed by atoms with Crippen molar-refractivity contribution >= 4 is 27.3 Å². The maximum Gasteiger partial charge on any atom is 0.345 e. The van der Waals surface area contributed by atoms with E-state index in [2.05, 4.69) is 5.32 Å². The normalized spacial score (nSPS) is 17.6. The van der Waals surface area contributed by atoms with Gasteiger partial charge in [-0.2, -0.15) is 4.31 Å². The van der Waals surface area contributed by atoms with Crippen molar-refractivity contribution < 1.29 is 18.3 Å². The highest BCUT2D eigenvalue weighted by molar-refractivity contribution is 7.89. The second kappa shape index (κ2) is 5.80. The van der Waals surface area contributed by atoms with Crippen LogP contribution in [0, 0.1) is 6.92 Å². The summed E-state index contributed by atoms with van der Waals surface area (Å²) in [6, 6.07) is 1.23. The molecule has 1 saturated heterocycles. The first-order valence-corrected chi connectivity index (χ1v) is 8.62. The van der Waals surface area contributed by atoms with Crippen LogP contribution in [0.25, 0.3) is 0 Å². The zero-order valence-electron chi connectivity index (χ0n) is 11.4. The minimum absolute atomic E-state index is 0.0335. The van der Waals surface area contributed by atoms with Gasteiger partial charge in [0.25, 0.3) is 0 Å². The van der Waals surface area contributed by atoms with Crippen molar-refractivity contribution in [3.8, 4) is 0 Å². The van der Waals surface area contributed by atoms with Gasteiger partial charge < -0.3 is 10.4 Å². The van der Waals surface area contributed by atoms with Crippen LogP contribution in [-0.2, 0) is 10.0 Å². The van der Waals surface area contributed by atoms with Crippen LogP contribution < -0.4 is 5.32 Å². The first-order valence-electron chi connectivity index (χ1n) is 6.36. The third kappa shape index (κ3) is 2.88. The van der Waals surface area contributed by atoms with Gasteiger partial charge in [0.1, 0.15) is 4.88 Å². The summed E-state index contributed by atoms with van der Waals surface area (Å²) in [4.78, 5) is 11.6. The number of carboxylic acids is 1. The Labute approximate surface area is 122 Å². The average molecular weight is 318 g/mol. The minimum Gasteiger partial charge on any atom is -0.477 e.